The van der Waals surface area contributed by atoms with E-state index in [9.17, 15) is 10.1 Å². The molecule has 1 aromatic heterocycles. The van der Waals surface area contributed by atoms with E-state index in [1.54, 1.807) is 22.8 Å². The van der Waals surface area contributed by atoms with Crippen LogP contribution in [0, 0.1) is 18.3 Å². The number of hydrogen-bond donors (Lipinski definition) is 1. The Balaban J connectivity index is 1.73. The van der Waals surface area contributed by atoms with E-state index in [4.69, 9.17) is 24.7 Å². The molecule has 166 valence electrons. The van der Waals surface area contributed by atoms with Gasteiger partial charge in [-0.25, -0.2) is 0 Å². The molecule has 0 aliphatic carbocycles. The van der Waals surface area contributed by atoms with Gasteiger partial charge in [0.2, 0.25) is 18.4 Å². The molecule has 0 unspecified atom stereocenters. The maximum atomic E-state index is 13.8. The smallest absolute Gasteiger partial charge is 0.259 e. The molecule has 2 aliphatic rings. The Bertz CT molecular complexity index is 1390. The first kappa shape index (κ1) is 20.5. The zero-order valence-electron chi connectivity index (χ0n) is 18.1. The van der Waals surface area contributed by atoms with Crippen LogP contribution in [-0.4, -0.2) is 18.5 Å². The molecule has 3 heterocycles. The number of aromatic nitrogens is 1. The lowest BCUT2D eigenvalue weighted by molar-refractivity contribution is 0.171. The summed E-state index contributed by atoms with van der Waals surface area (Å²) in [7, 11) is 1.52. The number of pyridine rings is 1. The fourth-order valence-electron chi connectivity index (χ4n) is 4.30. The average Bonchev–Trinajstić information content (AvgIpc) is 3.30. The Labute approximate surface area is 190 Å². The minimum absolute atomic E-state index is 0.0359. The second-order valence-corrected chi connectivity index (χ2v) is 7.82. The largest absolute Gasteiger partial charge is 0.493 e. The highest BCUT2D eigenvalue weighted by molar-refractivity contribution is 5.61. The van der Waals surface area contributed by atoms with Crippen LogP contribution in [0.1, 0.15) is 28.3 Å². The molecule has 3 aromatic rings. The summed E-state index contributed by atoms with van der Waals surface area (Å²) in [6.07, 6.45) is 0. The Kier molecular flexibility index (Phi) is 4.94. The molecular weight excluding hydrogens is 422 g/mol. The summed E-state index contributed by atoms with van der Waals surface area (Å²) in [5.74, 6) is 0.948. The number of fused-ring (bicyclic) bond motifs is 2. The normalized spacial score (nSPS) is 16.1. The van der Waals surface area contributed by atoms with E-state index in [0.29, 0.717) is 40.7 Å². The van der Waals surface area contributed by atoms with Gasteiger partial charge in [0, 0.05) is 11.8 Å². The summed E-state index contributed by atoms with van der Waals surface area (Å²) in [5, 5.41) is 9.92. The summed E-state index contributed by atoms with van der Waals surface area (Å²) < 4.78 is 23.9. The standard InChI is InChI=1S/C25H21N3O5/c1-14-8-18-22(25(29)28(14)12-15-6-4-3-5-7-15)21(17(11-26)24(27)33-18)16-9-19(30-2)23-20(10-16)31-13-32-23/h3-10,21H,12-13,27H2,1-2H3/t21-/m0/s1. The van der Waals surface area contributed by atoms with Gasteiger partial charge in [0.15, 0.2) is 11.5 Å². The van der Waals surface area contributed by atoms with Crippen molar-refractivity contribution < 1.29 is 18.9 Å². The van der Waals surface area contributed by atoms with Crippen molar-refractivity contribution in [2.75, 3.05) is 13.9 Å². The van der Waals surface area contributed by atoms with Crippen LogP contribution in [0.15, 0.2) is 64.8 Å². The molecule has 5 rings (SSSR count). The molecule has 8 heteroatoms. The topological polar surface area (TPSA) is 109 Å². The number of methoxy groups -OCH3 is 1. The van der Waals surface area contributed by atoms with Gasteiger partial charge < -0.3 is 29.2 Å². The number of aryl methyl sites for hydroxylation is 1. The maximum absolute atomic E-state index is 13.8. The zero-order valence-corrected chi connectivity index (χ0v) is 18.1. The van der Waals surface area contributed by atoms with Crippen LogP contribution in [0.25, 0.3) is 0 Å². The van der Waals surface area contributed by atoms with Gasteiger partial charge in [-0.05, 0) is 30.2 Å². The zero-order chi connectivity index (χ0) is 23.1. The Hall–Kier alpha value is -4.38. The first-order valence-electron chi connectivity index (χ1n) is 10.3. The molecule has 0 fully saturated rings. The quantitative estimate of drug-likeness (QED) is 0.660. The lowest BCUT2D eigenvalue weighted by Gasteiger charge is -2.27. The van der Waals surface area contributed by atoms with Crippen molar-refractivity contribution >= 4 is 0 Å². The van der Waals surface area contributed by atoms with E-state index in [-0.39, 0.29) is 23.8 Å². The van der Waals surface area contributed by atoms with E-state index in [1.165, 1.54) is 7.11 Å². The Morgan fingerprint density at radius 3 is 2.70 bits per heavy atom. The second kappa shape index (κ2) is 7.95. The van der Waals surface area contributed by atoms with Crippen molar-refractivity contribution in [3.8, 4) is 29.1 Å². The SMILES string of the molecule is COc1cc([C@H]2C(C#N)=C(N)Oc3cc(C)n(Cc4ccccc4)c(=O)c32)cc2c1OCO2. The minimum Gasteiger partial charge on any atom is -0.493 e. The number of nitriles is 1. The number of nitrogens with zero attached hydrogens (tertiary/aromatic N) is 2. The lowest BCUT2D eigenvalue weighted by Crippen LogP contribution is -2.33. The monoisotopic (exact) mass is 443 g/mol. The molecule has 8 nitrogen and oxygen atoms in total. The summed E-state index contributed by atoms with van der Waals surface area (Å²) in [6.45, 7) is 2.29. The van der Waals surface area contributed by atoms with Gasteiger partial charge in [0.05, 0.1) is 25.1 Å². The van der Waals surface area contributed by atoms with Gasteiger partial charge in [-0.1, -0.05) is 30.3 Å². The summed E-state index contributed by atoms with van der Waals surface area (Å²) in [5.41, 5.74) is 8.67. The van der Waals surface area contributed by atoms with Crippen LogP contribution < -0.4 is 30.2 Å². The van der Waals surface area contributed by atoms with E-state index in [2.05, 4.69) is 6.07 Å². The molecule has 0 bridgehead atoms. The van der Waals surface area contributed by atoms with Gasteiger partial charge in [0.1, 0.15) is 17.4 Å². The highest BCUT2D eigenvalue weighted by Gasteiger charge is 2.36. The molecule has 1 atom stereocenters. The van der Waals surface area contributed by atoms with Crippen LogP contribution in [0.5, 0.6) is 23.0 Å². The highest BCUT2D eigenvalue weighted by atomic mass is 16.7. The van der Waals surface area contributed by atoms with E-state index < -0.39 is 5.92 Å². The van der Waals surface area contributed by atoms with E-state index in [0.717, 1.165) is 11.3 Å². The summed E-state index contributed by atoms with van der Waals surface area (Å²) >= 11 is 0. The third-order valence-corrected chi connectivity index (χ3v) is 5.89. The van der Waals surface area contributed by atoms with Gasteiger partial charge >= 0.3 is 0 Å². The van der Waals surface area contributed by atoms with E-state index in [1.807, 2.05) is 37.3 Å². The second-order valence-electron chi connectivity index (χ2n) is 7.82. The summed E-state index contributed by atoms with van der Waals surface area (Å²) in [4.78, 5) is 13.8. The van der Waals surface area contributed by atoms with Crippen LogP contribution in [0.2, 0.25) is 0 Å². The van der Waals surface area contributed by atoms with Crippen LogP contribution >= 0.6 is 0 Å². The van der Waals surface area contributed by atoms with Crippen molar-refractivity contribution in [1.29, 1.82) is 5.26 Å². The summed E-state index contributed by atoms with van der Waals surface area (Å²) in [6, 6.07) is 17.1. The Morgan fingerprint density at radius 1 is 1.18 bits per heavy atom. The molecule has 0 saturated heterocycles. The molecular formula is C25H21N3O5. The fraction of sp³-hybridized carbons (Fsp3) is 0.200. The van der Waals surface area contributed by atoms with Gasteiger partial charge in [0.25, 0.3) is 5.56 Å². The van der Waals surface area contributed by atoms with Crippen molar-refractivity contribution in [1.82, 2.24) is 4.57 Å². The predicted molar refractivity (Wildman–Crippen MR) is 119 cm³/mol. The number of rotatable bonds is 4. The van der Waals surface area contributed by atoms with Gasteiger partial charge in [-0.3, -0.25) is 4.79 Å². The van der Waals surface area contributed by atoms with Gasteiger partial charge in [-0.15, -0.1) is 0 Å². The molecule has 0 saturated carbocycles. The molecule has 0 amide bonds. The van der Waals surface area contributed by atoms with Crippen LogP contribution in [0.3, 0.4) is 0 Å². The number of allylic oxidation sites excluding steroid dienone is 1. The van der Waals surface area contributed by atoms with Crippen LogP contribution in [0.4, 0.5) is 0 Å². The minimum atomic E-state index is -0.753. The number of benzene rings is 2. The van der Waals surface area contributed by atoms with Crippen molar-refractivity contribution in [2.45, 2.75) is 19.4 Å². The molecule has 0 spiro atoms. The maximum Gasteiger partial charge on any atom is 0.259 e. The molecule has 2 N–H and O–H groups in total. The highest BCUT2D eigenvalue weighted by Crippen LogP contribution is 2.47. The fourth-order valence-corrected chi connectivity index (χ4v) is 4.30. The first-order valence-corrected chi connectivity index (χ1v) is 10.3. The van der Waals surface area contributed by atoms with Crippen LogP contribution in [-0.2, 0) is 6.54 Å². The number of ether oxygens (including phenoxy) is 4. The van der Waals surface area contributed by atoms with Crippen molar-refractivity contribution in [3.05, 3.63) is 92.7 Å². The molecule has 2 aliphatic heterocycles. The number of nitrogens with two attached hydrogens (primary N) is 1. The van der Waals surface area contributed by atoms with Crippen molar-refractivity contribution in [3.63, 3.8) is 0 Å². The lowest BCUT2D eigenvalue weighted by atomic mass is 9.83. The number of hydrogen-bond acceptors (Lipinski definition) is 7. The first-order chi connectivity index (χ1) is 16.0. The Morgan fingerprint density at radius 2 is 1.97 bits per heavy atom. The van der Waals surface area contributed by atoms with Crippen molar-refractivity contribution in [2.24, 2.45) is 5.73 Å². The molecule has 2 aromatic carbocycles. The predicted octanol–water partition coefficient (Wildman–Crippen LogP) is 3.16. The van der Waals surface area contributed by atoms with Gasteiger partial charge in [-0.2, -0.15) is 5.26 Å². The molecule has 33 heavy (non-hydrogen) atoms. The third kappa shape index (κ3) is 3.34. The average molecular weight is 443 g/mol. The van der Waals surface area contributed by atoms with E-state index >= 15 is 0 Å². The third-order valence-electron chi connectivity index (χ3n) is 5.89. The molecule has 0 radical (unpaired) electrons.